The Labute approximate surface area is 105 Å². The number of nitrogens with one attached hydrogen (secondary N) is 1. The van der Waals surface area contributed by atoms with E-state index in [4.69, 9.17) is 4.74 Å². The second-order valence-electron chi connectivity index (χ2n) is 4.49. The van der Waals surface area contributed by atoms with Crippen LogP contribution in [-0.4, -0.2) is 19.8 Å². The van der Waals surface area contributed by atoms with Crippen molar-refractivity contribution in [3.63, 3.8) is 0 Å². The van der Waals surface area contributed by atoms with Crippen molar-refractivity contribution in [2.24, 2.45) is 0 Å². The predicted molar refractivity (Wildman–Crippen MR) is 73.2 cm³/mol. The van der Waals surface area contributed by atoms with Gasteiger partial charge in [-0.2, -0.15) is 0 Å². The first-order valence-electron chi connectivity index (χ1n) is 6.67. The van der Waals surface area contributed by atoms with Crippen molar-refractivity contribution in [1.82, 2.24) is 5.32 Å². The highest BCUT2D eigenvalue weighted by atomic mass is 16.5. The van der Waals surface area contributed by atoms with Gasteiger partial charge in [-0.1, -0.05) is 43.2 Å². The summed E-state index contributed by atoms with van der Waals surface area (Å²) in [5.74, 6) is 0. The Morgan fingerprint density at radius 1 is 1.18 bits per heavy atom. The van der Waals surface area contributed by atoms with Gasteiger partial charge in [0.05, 0.1) is 0 Å². The molecule has 0 aliphatic rings. The van der Waals surface area contributed by atoms with Gasteiger partial charge in [-0.05, 0) is 31.9 Å². The van der Waals surface area contributed by atoms with Crippen molar-refractivity contribution in [3.05, 3.63) is 35.4 Å². The largest absolute Gasteiger partial charge is 0.381 e. The summed E-state index contributed by atoms with van der Waals surface area (Å²) in [5.41, 5.74) is 2.68. The fraction of sp³-hybridized carbons (Fsp3) is 0.600. The molecule has 0 heterocycles. The van der Waals surface area contributed by atoms with E-state index in [0.717, 1.165) is 32.7 Å². The average molecular weight is 235 g/mol. The van der Waals surface area contributed by atoms with E-state index < -0.39 is 0 Å². The molecule has 0 atom stereocenters. The Morgan fingerprint density at radius 2 is 2.00 bits per heavy atom. The minimum Gasteiger partial charge on any atom is -0.381 e. The van der Waals surface area contributed by atoms with Crippen molar-refractivity contribution in [2.75, 3.05) is 19.8 Å². The van der Waals surface area contributed by atoms with Crippen molar-refractivity contribution in [1.29, 1.82) is 0 Å². The van der Waals surface area contributed by atoms with Crippen molar-refractivity contribution in [3.8, 4) is 0 Å². The smallest absolute Gasteiger partial charge is 0.0478 e. The highest BCUT2D eigenvalue weighted by Gasteiger charge is 1.93. The highest BCUT2D eigenvalue weighted by Crippen LogP contribution is 2.03. The van der Waals surface area contributed by atoms with Crippen LogP contribution in [0.4, 0.5) is 0 Å². The van der Waals surface area contributed by atoms with Crippen molar-refractivity contribution >= 4 is 0 Å². The molecule has 0 aliphatic carbocycles. The summed E-state index contributed by atoms with van der Waals surface area (Å²) < 4.78 is 5.51. The van der Waals surface area contributed by atoms with Crippen LogP contribution in [0.5, 0.6) is 0 Å². The first-order chi connectivity index (χ1) is 8.33. The number of hydrogen-bond acceptors (Lipinski definition) is 2. The maximum atomic E-state index is 5.51. The molecule has 0 aromatic heterocycles. The quantitative estimate of drug-likeness (QED) is 0.663. The highest BCUT2D eigenvalue weighted by molar-refractivity contribution is 5.21. The van der Waals surface area contributed by atoms with E-state index in [1.807, 2.05) is 0 Å². The van der Waals surface area contributed by atoms with E-state index in [2.05, 4.69) is 43.4 Å². The molecule has 0 saturated heterocycles. The number of hydrogen-bond donors (Lipinski definition) is 1. The zero-order valence-electron chi connectivity index (χ0n) is 11.2. The summed E-state index contributed by atoms with van der Waals surface area (Å²) >= 11 is 0. The number of benzene rings is 1. The lowest BCUT2D eigenvalue weighted by Crippen LogP contribution is -2.16. The summed E-state index contributed by atoms with van der Waals surface area (Å²) in [5, 5.41) is 3.44. The molecule has 17 heavy (non-hydrogen) atoms. The lowest BCUT2D eigenvalue weighted by atomic mass is 10.1. The monoisotopic (exact) mass is 235 g/mol. The standard InChI is InChI=1S/C15H25NO/c1-3-4-10-17-11-6-9-16-13-15-8-5-7-14(2)12-15/h5,7-8,12,16H,3-4,6,9-11,13H2,1-2H3. The lowest BCUT2D eigenvalue weighted by molar-refractivity contribution is 0.129. The fourth-order valence-electron chi connectivity index (χ4n) is 1.70. The van der Waals surface area contributed by atoms with Crippen LogP contribution in [0, 0.1) is 6.92 Å². The van der Waals surface area contributed by atoms with E-state index in [-0.39, 0.29) is 0 Å². The van der Waals surface area contributed by atoms with Crippen LogP contribution in [0.2, 0.25) is 0 Å². The summed E-state index contributed by atoms with van der Waals surface area (Å²) in [6.45, 7) is 8.09. The fourth-order valence-corrected chi connectivity index (χ4v) is 1.70. The van der Waals surface area contributed by atoms with Gasteiger partial charge in [0.1, 0.15) is 0 Å². The molecule has 0 unspecified atom stereocenters. The van der Waals surface area contributed by atoms with E-state index in [1.165, 1.54) is 24.0 Å². The molecule has 0 aliphatic heterocycles. The number of ether oxygens (including phenoxy) is 1. The zero-order chi connectivity index (χ0) is 12.3. The number of unbranched alkanes of at least 4 members (excludes halogenated alkanes) is 1. The van der Waals surface area contributed by atoms with Gasteiger partial charge in [0.2, 0.25) is 0 Å². The van der Waals surface area contributed by atoms with Gasteiger partial charge in [0, 0.05) is 19.8 Å². The summed E-state index contributed by atoms with van der Waals surface area (Å²) in [6.07, 6.45) is 3.48. The molecule has 0 saturated carbocycles. The van der Waals surface area contributed by atoms with Gasteiger partial charge in [-0.25, -0.2) is 0 Å². The molecule has 0 fully saturated rings. The Kier molecular flexibility index (Phi) is 7.69. The minimum absolute atomic E-state index is 0.876. The van der Waals surface area contributed by atoms with Crippen LogP contribution in [0.15, 0.2) is 24.3 Å². The van der Waals surface area contributed by atoms with Crippen molar-refractivity contribution < 1.29 is 4.74 Å². The van der Waals surface area contributed by atoms with Gasteiger partial charge in [-0.15, -0.1) is 0 Å². The molecule has 0 amide bonds. The average Bonchev–Trinajstić information content (AvgIpc) is 2.33. The minimum atomic E-state index is 0.876. The van der Waals surface area contributed by atoms with E-state index in [0.29, 0.717) is 0 Å². The molecule has 2 heteroatoms. The molecule has 1 N–H and O–H groups in total. The van der Waals surface area contributed by atoms with Crippen LogP contribution in [0.1, 0.15) is 37.3 Å². The second-order valence-corrected chi connectivity index (χ2v) is 4.49. The molecular formula is C15H25NO. The first kappa shape index (κ1) is 14.2. The molecule has 1 aromatic rings. The van der Waals surface area contributed by atoms with E-state index >= 15 is 0 Å². The first-order valence-corrected chi connectivity index (χ1v) is 6.67. The third kappa shape index (κ3) is 7.14. The maximum Gasteiger partial charge on any atom is 0.0478 e. The molecule has 0 spiro atoms. The predicted octanol–water partition coefficient (Wildman–Crippen LogP) is 3.29. The normalized spacial score (nSPS) is 10.7. The molecule has 96 valence electrons. The van der Waals surface area contributed by atoms with Gasteiger partial charge in [-0.3, -0.25) is 0 Å². The lowest BCUT2D eigenvalue weighted by Gasteiger charge is -2.06. The summed E-state index contributed by atoms with van der Waals surface area (Å²) in [4.78, 5) is 0. The Hall–Kier alpha value is -0.860. The molecule has 1 aromatic carbocycles. The molecular weight excluding hydrogens is 210 g/mol. The van der Waals surface area contributed by atoms with Gasteiger partial charge < -0.3 is 10.1 Å². The van der Waals surface area contributed by atoms with Crippen LogP contribution >= 0.6 is 0 Å². The Bertz CT molecular complexity index is 299. The molecule has 0 bridgehead atoms. The third-order valence-corrected chi connectivity index (χ3v) is 2.70. The third-order valence-electron chi connectivity index (χ3n) is 2.70. The Balaban J connectivity index is 1.97. The topological polar surface area (TPSA) is 21.3 Å². The van der Waals surface area contributed by atoms with Crippen molar-refractivity contribution in [2.45, 2.75) is 39.7 Å². The SMILES string of the molecule is CCCCOCCCNCc1cccc(C)c1. The molecule has 2 nitrogen and oxygen atoms in total. The van der Waals surface area contributed by atoms with Crippen LogP contribution < -0.4 is 5.32 Å². The van der Waals surface area contributed by atoms with Gasteiger partial charge in [0.15, 0.2) is 0 Å². The summed E-state index contributed by atoms with van der Waals surface area (Å²) in [7, 11) is 0. The number of rotatable bonds is 9. The Morgan fingerprint density at radius 3 is 2.76 bits per heavy atom. The van der Waals surface area contributed by atoms with Crippen LogP contribution in [0.3, 0.4) is 0 Å². The number of aryl methyl sites for hydroxylation is 1. The van der Waals surface area contributed by atoms with E-state index in [9.17, 15) is 0 Å². The van der Waals surface area contributed by atoms with Crippen LogP contribution in [0.25, 0.3) is 0 Å². The molecule has 0 radical (unpaired) electrons. The van der Waals surface area contributed by atoms with Gasteiger partial charge >= 0.3 is 0 Å². The van der Waals surface area contributed by atoms with E-state index in [1.54, 1.807) is 0 Å². The van der Waals surface area contributed by atoms with Crippen LogP contribution in [-0.2, 0) is 11.3 Å². The molecule has 1 rings (SSSR count). The summed E-state index contributed by atoms with van der Waals surface area (Å²) in [6, 6.07) is 8.63. The maximum absolute atomic E-state index is 5.51. The van der Waals surface area contributed by atoms with Gasteiger partial charge in [0.25, 0.3) is 0 Å². The zero-order valence-corrected chi connectivity index (χ0v) is 11.2. The second kappa shape index (κ2) is 9.20.